The van der Waals surface area contributed by atoms with Gasteiger partial charge in [0.15, 0.2) is 0 Å². The molecule has 1 aliphatic heterocycles. The molecule has 0 spiro atoms. The Morgan fingerprint density at radius 2 is 2.43 bits per heavy atom. The molecular weight excluding hydrogens is 180 g/mol. The van der Waals surface area contributed by atoms with Crippen molar-refractivity contribution in [1.82, 2.24) is 10.6 Å². The van der Waals surface area contributed by atoms with Crippen molar-refractivity contribution < 1.29 is 9.53 Å². The molecule has 1 fully saturated rings. The monoisotopic (exact) mass is 200 g/mol. The highest BCUT2D eigenvalue weighted by Gasteiger charge is 2.19. The van der Waals surface area contributed by atoms with Gasteiger partial charge in [-0.1, -0.05) is 6.42 Å². The molecule has 4 heteroatoms. The second kappa shape index (κ2) is 6.79. The zero-order valence-corrected chi connectivity index (χ0v) is 8.84. The van der Waals surface area contributed by atoms with Crippen LogP contribution in [0.5, 0.6) is 0 Å². The van der Waals surface area contributed by atoms with Crippen LogP contribution in [0.25, 0.3) is 0 Å². The molecule has 2 N–H and O–H groups in total. The van der Waals surface area contributed by atoms with E-state index in [9.17, 15) is 4.79 Å². The lowest BCUT2D eigenvalue weighted by Crippen LogP contribution is -2.47. The van der Waals surface area contributed by atoms with E-state index in [1.54, 1.807) is 0 Å². The Kier molecular flexibility index (Phi) is 5.56. The predicted molar refractivity (Wildman–Crippen MR) is 55.1 cm³/mol. The zero-order valence-electron chi connectivity index (χ0n) is 8.84. The first kappa shape index (κ1) is 11.5. The number of hydrogen-bond acceptors (Lipinski definition) is 3. The van der Waals surface area contributed by atoms with Gasteiger partial charge in [-0.3, -0.25) is 4.79 Å². The highest BCUT2D eigenvalue weighted by atomic mass is 16.5. The minimum Gasteiger partial charge on any atom is -0.380 e. The van der Waals surface area contributed by atoms with Crippen LogP contribution in [0.3, 0.4) is 0 Å². The fourth-order valence-electron chi connectivity index (χ4n) is 1.59. The lowest BCUT2D eigenvalue weighted by Gasteiger charge is -2.22. The molecule has 1 atom stereocenters. The van der Waals surface area contributed by atoms with Crippen LogP contribution in [0, 0.1) is 0 Å². The Balaban J connectivity index is 2.07. The Bertz CT molecular complexity index is 168. The van der Waals surface area contributed by atoms with E-state index in [-0.39, 0.29) is 11.9 Å². The highest BCUT2D eigenvalue weighted by molar-refractivity contribution is 5.81. The summed E-state index contributed by atoms with van der Waals surface area (Å²) in [5, 5.41) is 6.07. The van der Waals surface area contributed by atoms with Gasteiger partial charge in [0.05, 0.1) is 12.6 Å². The fraction of sp³-hybridized carbons (Fsp3) is 0.900. The zero-order chi connectivity index (χ0) is 10.2. The van der Waals surface area contributed by atoms with Gasteiger partial charge in [-0.25, -0.2) is 0 Å². The van der Waals surface area contributed by atoms with E-state index in [4.69, 9.17) is 4.74 Å². The van der Waals surface area contributed by atoms with Crippen LogP contribution in [0.2, 0.25) is 0 Å². The molecule has 82 valence electrons. The minimum absolute atomic E-state index is 0.0189. The van der Waals surface area contributed by atoms with Crippen molar-refractivity contribution in [3.8, 4) is 0 Å². The van der Waals surface area contributed by atoms with Gasteiger partial charge >= 0.3 is 0 Å². The maximum Gasteiger partial charge on any atom is 0.237 e. The molecule has 0 aromatic carbocycles. The summed E-state index contributed by atoms with van der Waals surface area (Å²) in [5.74, 6) is 0.115. The second-order valence-corrected chi connectivity index (χ2v) is 3.49. The standard InChI is InChI=1S/C10H20N2O2/c1-2-14-8-7-12-10(13)9-5-3-4-6-11-9/h9,11H,2-8H2,1H3,(H,12,13). The molecule has 0 radical (unpaired) electrons. The highest BCUT2D eigenvalue weighted by Crippen LogP contribution is 2.06. The van der Waals surface area contributed by atoms with Crippen LogP contribution in [-0.4, -0.2) is 38.3 Å². The van der Waals surface area contributed by atoms with Crippen molar-refractivity contribution >= 4 is 5.91 Å². The summed E-state index contributed by atoms with van der Waals surface area (Å²) < 4.78 is 5.14. The number of nitrogens with one attached hydrogen (secondary N) is 2. The van der Waals surface area contributed by atoms with Gasteiger partial charge in [0.2, 0.25) is 5.91 Å². The number of piperidine rings is 1. The van der Waals surface area contributed by atoms with Crippen molar-refractivity contribution in [2.45, 2.75) is 32.2 Å². The lowest BCUT2D eigenvalue weighted by atomic mass is 10.0. The van der Waals surface area contributed by atoms with Crippen molar-refractivity contribution in [3.05, 3.63) is 0 Å². The van der Waals surface area contributed by atoms with Crippen molar-refractivity contribution in [2.75, 3.05) is 26.3 Å². The number of carbonyl (C=O) groups is 1. The summed E-state index contributed by atoms with van der Waals surface area (Å²) in [6.07, 6.45) is 3.29. The van der Waals surface area contributed by atoms with Crippen LogP contribution in [-0.2, 0) is 9.53 Å². The molecule has 0 saturated carbocycles. The first-order valence-corrected chi connectivity index (χ1v) is 5.43. The Morgan fingerprint density at radius 3 is 3.07 bits per heavy atom. The average Bonchev–Trinajstić information content (AvgIpc) is 2.25. The maximum atomic E-state index is 11.5. The number of rotatable bonds is 5. The molecule has 1 amide bonds. The van der Waals surface area contributed by atoms with Gasteiger partial charge in [-0.15, -0.1) is 0 Å². The van der Waals surface area contributed by atoms with Crippen molar-refractivity contribution in [2.24, 2.45) is 0 Å². The predicted octanol–water partition coefficient (Wildman–Crippen LogP) is 0.281. The van der Waals surface area contributed by atoms with Gasteiger partial charge in [0.25, 0.3) is 0 Å². The van der Waals surface area contributed by atoms with E-state index in [0.717, 1.165) is 19.4 Å². The summed E-state index contributed by atoms with van der Waals surface area (Å²) in [6.45, 7) is 4.84. The summed E-state index contributed by atoms with van der Waals surface area (Å²) in [7, 11) is 0. The van der Waals surface area contributed by atoms with Gasteiger partial charge in [-0.05, 0) is 26.3 Å². The van der Waals surface area contributed by atoms with Crippen LogP contribution >= 0.6 is 0 Å². The van der Waals surface area contributed by atoms with E-state index >= 15 is 0 Å². The smallest absolute Gasteiger partial charge is 0.237 e. The average molecular weight is 200 g/mol. The van der Waals surface area contributed by atoms with Crippen LogP contribution in [0.1, 0.15) is 26.2 Å². The Hall–Kier alpha value is -0.610. The molecule has 0 bridgehead atoms. The molecule has 1 rings (SSSR count). The lowest BCUT2D eigenvalue weighted by molar-refractivity contribution is -0.123. The fourth-order valence-corrected chi connectivity index (χ4v) is 1.59. The third-order valence-electron chi connectivity index (χ3n) is 2.38. The third-order valence-corrected chi connectivity index (χ3v) is 2.38. The first-order chi connectivity index (χ1) is 6.84. The van der Waals surface area contributed by atoms with E-state index in [1.807, 2.05) is 6.92 Å². The van der Waals surface area contributed by atoms with Crippen LogP contribution in [0.4, 0.5) is 0 Å². The maximum absolute atomic E-state index is 11.5. The van der Waals surface area contributed by atoms with Gasteiger partial charge in [0, 0.05) is 13.2 Å². The molecule has 0 aromatic rings. The van der Waals surface area contributed by atoms with E-state index in [1.165, 1.54) is 6.42 Å². The summed E-state index contributed by atoms with van der Waals surface area (Å²) in [4.78, 5) is 11.5. The number of amides is 1. The normalized spacial score (nSPS) is 21.9. The molecule has 0 aromatic heterocycles. The third kappa shape index (κ3) is 4.07. The quantitative estimate of drug-likeness (QED) is 0.627. The number of hydrogen-bond donors (Lipinski definition) is 2. The molecule has 1 unspecified atom stereocenters. The first-order valence-electron chi connectivity index (χ1n) is 5.43. The molecule has 0 aliphatic carbocycles. The van der Waals surface area contributed by atoms with Gasteiger partial charge in [-0.2, -0.15) is 0 Å². The van der Waals surface area contributed by atoms with Crippen molar-refractivity contribution in [1.29, 1.82) is 0 Å². The van der Waals surface area contributed by atoms with Gasteiger partial charge in [0.1, 0.15) is 0 Å². The molecular formula is C10H20N2O2. The molecule has 1 heterocycles. The van der Waals surface area contributed by atoms with Crippen LogP contribution < -0.4 is 10.6 Å². The SMILES string of the molecule is CCOCCNC(=O)C1CCCCN1. The minimum atomic E-state index is 0.0189. The van der Waals surface area contributed by atoms with E-state index in [0.29, 0.717) is 19.8 Å². The molecule has 1 saturated heterocycles. The molecule has 1 aliphatic rings. The van der Waals surface area contributed by atoms with Gasteiger partial charge < -0.3 is 15.4 Å². The summed E-state index contributed by atoms with van der Waals surface area (Å²) in [6, 6.07) is 0.0189. The Labute approximate surface area is 85.4 Å². The molecule has 4 nitrogen and oxygen atoms in total. The number of ether oxygens (including phenoxy) is 1. The molecule has 14 heavy (non-hydrogen) atoms. The van der Waals surface area contributed by atoms with Crippen molar-refractivity contribution in [3.63, 3.8) is 0 Å². The number of carbonyl (C=O) groups excluding carboxylic acids is 1. The van der Waals surface area contributed by atoms with Crippen LogP contribution in [0.15, 0.2) is 0 Å². The van der Waals surface area contributed by atoms with E-state index < -0.39 is 0 Å². The topological polar surface area (TPSA) is 50.4 Å². The Morgan fingerprint density at radius 1 is 1.57 bits per heavy atom. The summed E-state index contributed by atoms with van der Waals surface area (Å²) in [5.41, 5.74) is 0. The largest absolute Gasteiger partial charge is 0.380 e. The second-order valence-electron chi connectivity index (χ2n) is 3.49. The summed E-state index contributed by atoms with van der Waals surface area (Å²) >= 11 is 0. The van der Waals surface area contributed by atoms with E-state index in [2.05, 4.69) is 10.6 Å².